The summed E-state index contributed by atoms with van der Waals surface area (Å²) >= 11 is 0. The quantitative estimate of drug-likeness (QED) is 0.798. The zero-order chi connectivity index (χ0) is 15.9. The molecule has 2 atom stereocenters. The fraction of sp³-hybridized carbons (Fsp3) is 0.471. The molecule has 3 rings (SSSR count). The summed E-state index contributed by atoms with van der Waals surface area (Å²) in [7, 11) is 0. The van der Waals surface area contributed by atoms with Crippen molar-refractivity contribution in [2.75, 3.05) is 18.0 Å². The van der Waals surface area contributed by atoms with Crippen LogP contribution in [0.3, 0.4) is 0 Å². The summed E-state index contributed by atoms with van der Waals surface area (Å²) < 4.78 is 1.46. The molecule has 0 amide bonds. The zero-order valence-corrected chi connectivity index (χ0v) is 13.2. The predicted octanol–water partition coefficient (Wildman–Crippen LogP) is 2.30. The molecule has 22 heavy (non-hydrogen) atoms. The van der Waals surface area contributed by atoms with E-state index in [0.717, 1.165) is 18.7 Å². The third-order valence-corrected chi connectivity index (χ3v) is 4.27. The van der Waals surface area contributed by atoms with E-state index in [4.69, 9.17) is 0 Å². The molecule has 1 saturated heterocycles. The molecule has 0 unspecified atom stereocenters. The van der Waals surface area contributed by atoms with Crippen LogP contribution in [0.15, 0.2) is 23.1 Å². The first-order valence-electron chi connectivity index (χ1n) is 7.72. The van der Waals surface area contributed by atoms with Gasteiger partial charge in [-0.3, -0.25) is 14.0 Å². The molecule has 116 valence electrons. The Morgan fingerprint density at radius 2 is 1.91 bits per heavy atom. The van der Waals surface area contributed by atoms with E-state index in [1.54, 1.807) is 6.20 Å². The van der Waals surface area contributed by atoms with E-state index in [1.165, 1.54) is 10.8 Å². The molecule has 1 aliphatic rings. The number of pyridine rings is 1. The second-order valence-corrected chi connectivity index (χ2v) is 6.56. The van der Waals surface area contributed by atoms with Crippen LogP contribution in [-0.4, -0.2) is 28.8 Å². The number of hydrogen-bond donors (Lipinski definition) is 0. The van der Waals surface area contributed by atoms with Crippen LogP contribution in [0, 0.1) is 18.8 Å². The minimum Gasteiger partial charge on any atom is -0.355 e. The number of rotatable bonds is 2. The minimum absolute atomic E-state index is 0.157. The second-order valence-electron chi connectivity index (χ2n) is 6.56. The molecule has 1 fully saturated rings. The van der Waals surface area contributed by atoms with E-state index in [-0.39, 0.29) is 11.1 Å². The first-order valence-corrected chi connectivity index (χ1v) is 7.72. The smallest absolute Gasteiger partial charge is 0.270 e. The normalized spacial score (nSPS) is 22.0. The first-order chi connectivity index (χ1) is 10.5. The highest BCUT2D eigenvalue weighted by Gasteiger charge is 2.26. The molecule has 0 saturated carbocycles. The van der Waals surface area contributed by atoms with Crippen molar-refractivity contribution in [1.82, 2.24) is 9.38 Å². The summed E-state index contributed by atoms with van der Waals surface area (Å²) in [5, 5.41) is 0. The number of fused-ring (bicyclic) bond motifs is 1. The molecular weight excluding hydrogens is 278 g/mol. The largest absolute Gasteiger partial charge is 0.355 e. The van der Waals surface area contributed by atoms with Gasteiger partial charge in [-0.1, -0.05) is 19.9 Å². The van der Waals surface area contributed by atoms with Crippen LogP contribution in [0.1, 0.15) is 36.2 Å². The van der Waals surface area contributed by atoms with Gasteiger partial charge in [0.1, 0.15) is 17.0 Å². The summed E-state index contributed by atoms with van der Waals surface area (Å²) in [5.41, 5.74) is 1.41. The highest BCUT2D eigenvalue weighted by molar-refractivity contribution is 5.83. The molecule has 5 heteroatoms. The lowest BCUT2D eigenvalue weighted by molar-refractivity contribution is 0.112. The van der Waals surface area contributed by atoms with Crippen LogP contribution in [0.5, 0.6) is 0 Å². The molecule has 5 nitrogen and oxygen atoms in total. The number of piperidine rings is 1. The number of hydrogen-bond acceptors (Lipinski definition) is 4. The Kier molecular flexibility index (Phi) is 3.72. The van der Waals surface area contributed by atoms with Gasteiger partial charge in [0.25, 0.3) is 5.56 Å². The van der Waals surface area contributed by atoms with Gasteiger partial charge in [-0.05, 0) is 36.8 Å². The van der Waals surface area contributed by atoms with Crippen molar-refractivity contribution in [3.8, 4) is 0 Å². The standard InChI is InChI=1S/C17H21N3O2/c1-11-4-5-15-18-16(14(10-21)17(22)20(15)9-11)19-7-12(2)6-13(3)8-19/h4-5,9-10,12-13H,6-8H2,1-3H3/t12-,13-/m0/s1. The SMILES string of the molecule is Cc1ccc2nc(N3C[C@@H](C)C[C@H](C)C3)c(C=O)c(=O)n2c1. The van der Waals surface area contributed by atoms with E-state index >= 15 is 0 Å². The second kappa shape index (κ2) is 5.55. The van der Waals surface area contributed by atoms with Crippen molar-refractivity contribution in [2.45, 2.75) is 27.2 Å². The summed E-state index contributed by atoms with van der Waals surface area (Å²) in [6.07, 6.45) is 3.53. The maximum atomic E-state index is 12.6. The number of aromatic nitrogens is 2. The number of nitrogens with zero attached hydrogens (tertiary/aromatic N) is 3. The molecular formula is C17H21N3O2. The van der Waals surface area contributed by atoms with Gasteiger partial charge in [0.15, 0.2) is 6.29 Å². The molecule has 2 aromatic heterocycles. The van der Waals surface area contributed by atoms with Crippen molar-refractivity contribution >= 4 is 17.8 Å². The van der Waals surface area contributed by atoms with E-state index < -0.39 is 0 Å². The minimum atomic E-state index is -0.287. The fourth-order valence-electron chi connectivity index (χ4n) is 3.43. The van der Waals surface area contributed by atoms with Gasteiger partial charge in [-0.2, -0.15) is 0 Å². The number of carbonyl (C=O) groups is 1. The summed E-state index contributed by atoms with van der Waals surface area (Å²) in [6, 6.07) is 3.75. The third kappa shape index (κ3) is 2.51. The van der Waals surface area contributed by atoms with Crippen molar-refractivity contribution < 1.29 is 4.79 Å². The average Bonchev–Trinajstić information content (AvgIpc) is 2.46. The van der Waals surface area contributed by atoms with Gasteiger partial charge < -0.3 is 4.90 Å². The van der Waals surface area contributed by atoms with Crippen molar-refractivity contribution in [3.63, 3.8) is 0 Å². The van der Waals surface area contributed by atoms with Crippen molar-refractivity contribution in [1.29, 1.82) is 0 Å². The number of anilines is 1. The van der Waals surface area contributed by atoms with Crippen LogP contribution < -0.4 is 10.5 Å². The van der Waals surface area contributed by atoms with E-state index in [2.05, 4.69) is 23.7 Å². The average molecular weight is 299 g/mol. The Hall–Kier alpha value is -2.17. The van der Waals surface area contributed by atoms with E-state index in [1.807, 2.05) is 19.1 Å². The maximum absolute atomic E-state index is 12.6. The van der Waals surface area contributed by atoms with Crippen molar-refractivity contribution in [3.05, 3.63) is 39.8 Å². The number of carbonyl (C=O) groups excluding carboxylic acids is 1. The Balaban J connectivity index is 2.19. The lowest BCUT2D eigenvalue weighted by atomic mass is 9.92. The zero-order valence-electron chi connectivity index (χ0n) is 13.2. The Bertz CT molecular complexity index is 771. The lowest BCUT2D eigenvalue weighted by Gasteiger charge is -2.36. The molecule has 0 aromatic carbocycles. The number of aryl methyl sites for hydroxylation is 1. The van der Waals surface area contributed by atoms with Crippen LogP contribution in [-0.2, 0) is 0 Å². The van der Waals surface area contributed by atoms with Gasteiger partial charge in [0.05, 0.1) is 0 Å². The molecule has 0 N–H and O–H groups in total. The van der Waals surface area contributed by atoms with Gasteiger partial charge >= 0.3 is 0 Å². The molecule has 0 radical (unpaired) electrons. The molecule has 1 aliphatic heterocycles. The molecule has 0 bridgehead atoms. The van der Waals surface area contributed by atoms with E-state index in [0.29, 0.717) is 29.6 Å². The van der Waals surface area contributed by atoms with Crippen molar-refractivity contribution in [2.24, 2.45) is 11.8 Å². The van der Waals surface area contributed by atoms with Crippen LogP contribution in [0.2, 0.25) is 0 Å². The van der Waals surface area contributed by atoms with Crippen LogP contribution in [0.4, 0.5) is 5.82 Å². The van der Waals surface area contributed by atoms with Gasteiger partial charge in [0.2, 0.25) is 0 Å². The number of aldehydes is 1. The first kappa shape index (κ1) is 14.8. The Morgan fingerprint density at radius 1 is 1.23 bits per heavy atom. The highest BCUT2D eigenvalue weighted by Crippen LogP contribution is 2.26. The lowest BCUT2D eigenvalue weighted by Crippen LogP contribution is -2.41. The molecule has 0 spiro atoms. The summed E-state index contributed by atoms with van der Waals surface area (Å²) in [4.78, 5) is 30.8. The summed E-state index contributed by atoms with van der Waals surface area (Å²) in [5.74, 6) is 1.59. The monoisotopic (exact) mass is 299 g/mol. The van der Waals surface area contributed by atoms with Gasteiger partial charge in [-0.15, -0.1) is 0 Å². The Morgan fingerprint density at radius 3 is 2.55 bits per heavy atom. The maximum Gasteiger partial charge on any atom is 0.270 e. The Labute approximate surface area is 129 Å². The van der Waals surface area contributed by atoms with Crippen LogP contribution in [0.25, 0.3) is 5.65 Å². The highest BCUT2D eigenvalue weighted by atomic mass is 16.1. The molecule has 2 aromatic rings. The van der Waals surface area contributed by atoms with Gasteiger partial charge in [-0.25, -0.2) is 4.98 Å². The topological polar surface area (TPSA) is 54.7 Å². The molecule has 0 aliphatic carbocycles. The summed E-state index contributed by atoms with van der Waals surface area (Å²) in [6.45, 7) is 7.97. The predicted molar refractivity (Wildman–Crippen MR) is 86.7 cm³/mol. The third-order valence-electron chi connectivity index (χ3n) is 4.27. The van der Waals surface area contributed by atoms with Crippen LogP contribution >= 0.6 is 0 Å². The van der Waals surface area contributed by atoms with Gasteiger partial charge in [0, 0.05) is 19.3 Å². The molecule has 3 heterocycles. The van der Waals surface area contributed by atoms with E-state index in [9.17, 15) is 9.59 Å². The fourth-order valence-corrected chi connectivity index (χ4v) is 3.43.